The second-order valence-corrected chi connectivity index (χ2v) is 11.1. The first-order valence-electron chi connectivity index (χ1n) is 14.3. The molecule has 3 aromatic heterocycles. The van der Waals surface area contributed by atoms with Crippen LogP contribution in [0.2, 0.25) is 0 Å². The van der Waals surface area contributed by atoms with Crippen LogP contribution in [0.1, 0.15) is 0 Å². The lowest BCUT2D eigenvalue weighted by atomic mass is 9.89. The van der Waals surface area contributed by atoms with Crippen LogP contribution in [0.3, 0.4) is 0 Å². The van der Waals surface area contributed by atoms with Crippen LogP contribution in [0.5, 0.6) is 0 Å². The van der Waals surface area contributed by atoms with E-state index in [9.17, 15) is 0 Å². The van der Waals surface area contributed by atoms with Crippen molar-refractivity contribution in [2.75, 3.05) is 0 Å². The molecule has 7 aromatic carbocycles. The minimum atomic E-state index is 0.899. The molecule has 0 fully saturated rings. The maximum absolute atomic E-state index is 6.98. The van der Waals surface area contributed by atoms with Crippen molar-refractivity contribution in [3.63, 3.8) is 0 Å². The molecule has 0 radical (unpaired) electrons. The molecule has 0 unspecified atom stereocenters. The molecule has 42 heavy (non-hydrogen) atoms. The van der Waals surface area contributed by atoms with Gasteiger partial charge in [-0.1, -0.05) is 97.1 Å². The van der Waals surface area contributed by atoms with Gasteiger partial charge in [-0.25, -0.2) is 4.98 Å². The highest BCUT2D eigenvalue weighted by atomic mass is 16.3. The van der Waals surface area contributed by atoms with Crippen LogP contribution in [0.4, 0.5) is 0 Å². The Hall–Kier alpha value is -5.67. The van der Waals surface area contributed by atoms with E-state index in [2.05, 4.69) is 120 Å². The van der Waals surface area contributed by atoms with Crippen molar-refractivity contribution in [1.82, 2.24) is 9.55 Å². The fraction of sp³-hybridized carbons (Fsp3) is 0. The molecule has 3 heterocycles. The Morgan fingerprint density at radius 3 is 1.64 bits per heavy atom. The van der Waals surface area contributed by atoms with Crippen LogP contribution in [-0.2, 0) is 0 Å². The molecule has 0 atom stereocenters. The average molecular weight is 535 g/mol. The van der Waals surface area contributed by atoms with E-state index in [1.807, 2.05) is 18.3 Å². The van der Waals surface area contributed by atoms with Gasteiger partial charge in [0.15, 0.2) is 0 Å². The summed E-state index contributed by atoms with van der Waals surface area (Å²) in [4.78, 5) is 4.75. The van der Waals surface area contributed by atoms with Crippen molar-refractivity contribution >= 4 is 86.8 Å². The molecule has 0 saturated heterocycles. The maximum Gasteiger partial charge on any atom is 0.144 e. The van der Waals surface area contributed by atoms with Gasteiger partial charge in [0, 0.05) is 38.5 Å². The van der Waals surface area contributed by atoms with Crippen LogP contribution in [-0.4, -0.2) is 9.55 Å². The minimum absolute atomic E-state index is 0.899. The van der Waals surface area contributed by atoms with Crippen molar-refractivity contribution in [2.24, 2.45) is 0 Å². The van der Waals surface area contributed by atoms with Gasteiger partial charge in [-0.15, -0.1) is 0 Å². The van der Waals surface area contributed by atoms with Gasteiger partial charge in [0.1, 0.15) is 17.0 Å². The fourth-order valence-corrected chi connectivity index (χ4v) is 7.39. The van der Waals surface area contributed by atoms with Crippen LogP contribution >= 0.6 is 0 Å². The fourth-order valence-electron chi connectivity index (χ4n) is 7.39. The molecule has 3 nitrogen and oxygen atoms in total. The largest absolute Gasteiger partial charge is 0.455 e. The predicted octanol–water partition coefficient (Wildman–Crippen LogP) is 10.7. The van der Waals surface area contributed by atoms with E-state index in [4.69, 9.17) is 9.40 Å². The summed E-state index contributed by atoms with van der Waals surface area (Å²) in [5, 5.41) is 14.6. The van der Waals surface area contributed by atoms with Crippen LogP contribution in [0, 0.1) is 0 Å². The van der Waals surface area contributed by atoms with Crippen molar-refractivity contribution in [2.45, 2.75) is 0 Å². The number of rotatable bonds is 1. The molecule has 10 aromatic rings. The highest BCUT2D eigenvalue weighted by Crippen LogP contribution is 2.49. The second kappa shape index (κ2) is 7.96. The monoisotopic (exact) mass is 534 g/mol. The van der Waals surface area contributed by atoms with Gasteiger partial charge in [-0.2, -0.15) is 0 Å². The average Bonchev–Trinajstić information content (AvgIpc) is 3.61. The predicted molar refractivity (Wildman–Crippen MR) is 176 cm³/mol. The Morgan fingerprint density at radius 1 is 0.405 bits per heavy atom. The van der Waals surface area contributed by atoms with E-state index < -0.39 is 0 Å². The Morgan fingerprint density at radius 2 is 0.952 bits per heavy atom. The summed E-state index contributed by atoms with van der Waals surface area (Å²) in [5.74, 6) is 0.906. The van der Waals surface area contributed by atoms with Gasteiger partial charge in [0.25, 0.3) is 0 Å². The number of nitrogens with zero attached hydrogens (tertiary/aromatic N) is 2. The third-order valence-corrected chi connectivity index (χ3v) is 8.99. The molecule has 10 rings (SSSR count). The van der Waals surface area contributed by atoms with Crippen LogP contribution < -0.4 is 0 Å². The van der Waals surface area contributed by atoms with Gasteiger partial charge in [-0.05, 0) is 62.6 Å². The summed E-state index contributed by atoms with van der Waals surface area (Å²) < 4.78 is 9.25. The normalized spacial score (nSPS) is 12.3. The van der Waals surface area contributed by atoms with Crippen molar-refractivity contribution in [3.8, 4) is 5.82 Å². The number of para-hydroxylation sites is 1. The first-order chi connectivity index (χ1) is 20.9. The maximum atomic E-state index is 6.98. The Kier molecular flexibility index (Phi) is 4.18. The molecule has 0 aliphatic carbocycles. The first-order valence-corrected chi connectivity index (χ1v) is 14.3. The molecule has 0 aliphatic heterocycles. The third-order valence-electron chi connectivity index (χ3n) is 8.99. The van der Waals surface area contributed by atoms with Crippen LogP contribution in [0.25, 0.3) is 92.7 Å². The zero-order valence-electron chi connectivity index (χ0n) is 22.5. The summed E-state index contributed by atoms with van der Waals surface area (Å²) in [6.07, 6.45) is 1.86. The summed E-state index contributed by atoms with van der Waals surface area (Å²) in [5.41, 5.74) is 4.10. The standard InChI is InChI=1S/C39H22N2O/c1-3-13-25-23(11-1)24-12-2-4-14-26(24)36-34(25)27-15-5-6-16-28(27)37-38-32(42-39(36)37)21-20-31-35(38)29-17-7-8-18-30(29)41(31)33-19-9-10-22-40-33/h1-22H. The van der Waals surface area contributed by atoms with E-state index in [-0.39, 0.29) is 0 Å². The van der Waals surface area contributed by atoms with Crippen molar-refractivity contribution < 1.29 is 4.42 Å². The molecule has 0 aliphatic rings. The number of furan rings is 1. The number of benzene rings is 7. The number of hydrogen-bond donors (Lipinski definition) is 0. The first kappa shape index (κ1) is 22.1. The van der Waals surface area contributed by atoms with E-state index >= 15 is 0 Å². The zero-order chi connectivity index (χ0) is 27.4. The minimum Gasteiger partial charge on any atom is -0.455 e. The molecule has 0 spiro atoms. The molecule has 0 saturated carbocycles. The summed E-state index contributed by atoms with van der Waals surface area (Å²) >= 11 is 0. The zero-order valence-corrected chi connectivity index (χ0v) is 22.5. The highest BCUT2D eigenvalue weighted by Gasteiger charge is 2.24. The lowest BCUT2D eigenvalue weighted by molar-refractivity contribution is 0.673. The smallest absolute Gasteiger partial charge is 0.144 e. The number of hydrogen-bond acceptors (Lipinski definition) is 2. The topological polar surface area (TPSA) is 31.0 Å². The molecule has 0 N–H and O–H groups in total. The summed E-state index contributed by atoms with van der Waals surface area (Å²) in [6, 6.07) is 45.4. The van der Waals surface area contributed by atoms with E-state index in [1.54, 1.807) is 0 Å². The van der Waals surface area contributed by atoms with Crippen molar-refractivity contribution in [3.05, 3.63) is 134 Å². The number of aromatic nitrogens is 2. The van der Waals surface area contributed by atoms with Crippen LogP contribution in [0.15, 0.2) is 138 Å². The molecule has 194 valence electrons. The molecule has 3 heteroatoms. The van der Waals surface area contributed by atoms with Gasteiger partial charge in [0.2, 0.25) is 0 Å². The number of pyridine rings is 1. The molecule has 0 amide bonds. The van der Waals surface area contributed by atoms with Gasteiger partial charge in [-0.3, -0.25) is 4.57 Å². The van der Waals surface area contributed by atoms with E-state index in [0.717, 1.165) is 33.4 Å². The Balaban J connectivity index is 1.54. The Labute approximate surface area is 239 Å². The SMILES string of the molecule is c1ccc(-n2c3ccccc3c3c4c(ccc32)oc2c3c5ccccc5c5ccccc5c3c3ccccc3c24)nc1. The molecule has 0 bridgehead atoms. The quantitative estimate of drug-likeness (QED) is 0.196. The second-order valence-electron chi connectivity index (χ2n) is 11.1. The van der Waals surface area contributed by atoms with Gasteiger partial charge in [0.05, 0.1) is 11.0 Å². The van der Waals surface area contributed by atoms with Gasteiger partial charge < -0.3 is 4.42 Å². The Bertz CT molecular complexity index is 2730. The van der Waals surface area contributed by atoms with E-state index in [1.165, 1.54) is 59.2 Å². The summed E-state index contributed by atoms with van der Waals surface area (Å²) in [7, 11) is 0. The van der Waals surface area contributed by atoms with E-state index in [0.29, 0.717) is 0 Å². The number of fused-ring (bicyclic) bond motifs is 17. The highest BCUT2D eigenvalue weighted by molar-refractivity contribution is 6.43. The molecular formula is C39H22N2O. The summed E-state index contributed by atoms with van der Waals surface area (Å²) in [6.45, 7) is 0. The molecular weight excluding hydrogens is 512 g/mol. The third kappa shape index (κ3) is 2.68. The lowest BCUT2D eigenvalue weighted by Crippen LogP contribution is -1.95. The van der Waals surface area contributed by atoms with Gasteiger partial charge >= 0.3 is 0 Å². The van der Waals surface area contributed by atoms with Crippen molar-refractivity contribution in [1.29, 1.82) is 0 Å². The lowest BCUT2D eigenvalue weighted by Gasteiger charge is -2.14.